The average molecular weight is 363 g/mol. The number of carbonyl (C=O) groups is 1. The number of aryl methyl sites for hydroxylation is 1. The van der Waals surface area contributed by atoms with Gasteiger partial charge in [-0.3, -0.25) is 4.79 Å². The molecule has 6 heteroatoms. The first-order chi connectivity index (χ1) is 11.1. The normalized spacial score (nSPS) is 12.0. The average Bonchev–Trinajstić information content (AvgIpc) is 2.86. The van der Waals surface area contributed by atoms with E-state index in [-0.39, 0.29) is 5.91 Å². The zero-order chi connectivity index (χ0) is 16.2. The van der Waals surface area contributed by atoms with Gasteiger partial charge in [0, 0.05) is 12.8 Å². The van der Waals surface area contributed by atoms with E-state index in [4.69, 9.17) is 11.6 Å². The SMILES string of the molecule is Cn1c(=NC(=O)CSCc2ccccc2)sc2cccc(Cl)c21. The predicted octanol–water partition coefficient (Wildman–Crippen LogP) is 4.25. The lowest BCUT2D eigenvalue weighted by atomic mass is 10.2. The van der Waals surface area contributed by atoms with Crippen LogP contribution in [-0.4, -0.2) is 16.2 Å². The first-order valence-electron chi connectivity index (χ1n) is 7.08. The topological polar surface area (TPSA) is 34.4 Å². The van der Waals surface area contributed by atoms with Crippen LogP contribution in [0.4, 0.5) is 0 Å². The molecule has 0 aliphatic rings. The lowest BCUT2D eigenvalue weighted by molar-refractivity contribution is -0.115. The van der Waals surface area contributed by atoms with Crippen molar-refractivity contribution < 1.29 is 4.79 Å². The molecular weight excluding hydrogens is 348 g/mol. The first-order valence-corrected chi connectivity index (χ1v) is 9.43. The number of aromatic nitrogens is 1. The van der Waals surface area contributed by atoms with E-state index in [1.807, 2.05) is 48.0 Å². The molecule has 3 nitrogen and oxygen atoms in total. The molecule has 0 N–H and O–H groups in total. The van der Waals surface area contributed by atoms with Crippen molar-refractivity contribution in [2.24, 2.45) is 12.0 Å². The summed E-state index contributed by atoms with van der Waals surface area (Å²) in [5, 5.41) is 0.675. The minimum Gasteiger partial charge on any atom is -0.318 e. The number of carbonyl (C=O) groups excluding carboxylic acids is 1. The number of para-hydroxylation sites is 1. The molecule has 0 spiro atoms. The van der Waals surface area contributed by atoms with E-state index in [0.717, 1.165) is 16.0 Å². The van der Waals surface area contributed by atoms with Gasteiger partial charge in [0.15, 0.2) is 4.80 Å². The van der Waals surface area contributed by atoms with Gasteiger partial charge in [-0.1, -0.05) is 59.3 Å². The molecule has 3 rings (SSSR count). The summed E-state index contributed by atoms with van der Waals surface area (Å²) in [6, 6.07) is 15.8. The van der Waals surface area contributed by atoms with Gasteiger partial charge in [0.25, 0.3) is 5.91 Å². The molecule has 118 valence electrons. The maximum absolute atomic E-state index is 12.1. The number of hydrogen-bond donors (Lipinski definition) is 0. The van der Waals surface area contributed by atoms with Crippen molar-refractivity contribution in [3.63, 3.8) is 0 Å². The maximum atomic E-state index is 12.1. The van der Waals surface area contributed by atoms with E-state index < -0.39 is 0 Å². The molecular formula is C17H15ClN2OS2. The molecule has 0 atom stereocenters. The Morgan fingerprint density at radius 1 is 1.22 bits per heavy atom. The highest BCUT2D eigenvalue weighted by molar-refractivity contribution is 7.99. The van der Waals surface area contributed by atoms with Crippen LogP contribution < -0.4 is 4.80 Å². The molecule has 0 saturated carbocycles. The van der Waals surface area contributed by atoms with Crippen LogP contribution in [0.25, 0.3) is 10.2 Å². The van der Waals surface area contributed by atoms with E-state index in [2.05, 4.69) is 17.1 Å². The van der Waals surface area contributed by atoms with Crippen LogP contribution in [0.5, 0.6) is 0 Å². The number of nitrogens with zero attached hydrogens (tertiary/aromatic N) is 2. The van der Waals surface area contributed by atoms with Gasteiger partial charge in [-0.15, -0.1) is 11.8 Å². The Hall–Kier alpha value is -1.56. The Kier molecular flexibility index (Phi) is 5.20. The van der Waals surface area contributed by atoms with Crippen LogP contribution in [0.15, 0.2) is 53.5 Å². The number of benzene rings is 2. The van der Waals surface area contributed by atoms with Crippen LogP contribution in [-0.2, 0) is 17.6 Å². The standard InChI is InChI=1S/C17H15ClN2OS2/c1-20-16-13(18)8-5-9-14(16)23-17(20)19-15(21)11-22-10-12-6-3-2-4-7-12/h2-9H,10-11H2,1H3. The van der Waals surface area contributed by atoms with Crippen molar-refractivity contribution in [2.75, 3.05) is 5.75 Å². The predicted molar refractivity (Wildman–Crippen MR) is 99.0 cm³/mol. The van der Waals surface area contributed by atoms with Gasteiger partial charge in [-0.2, -0.15) is 4.99 Å². The second-order valence-electron chi connectivity index (χ2n) is 5.01. The monoisotopic (exact) mass is 362 g/mol. The number of fused-ring (bicyclic) bond motifs is 1. The summed E-state index contributed by atoms with van der Waals surface area (Å²) in [5.74, 6) is 1.06. The third-order valence-electron chi connectivity index (χ3n) is 3.33. The van der Waals surface area contributed by atoms with Crippen LogP contribution in [0.3, 0.4) is 0 Å². The fourth-order valence-electron chi connectivity index (χ4n) is 2.23. The van der Waals surface area contributed by atoms with Gasteiger partial charge in [0.1, 0.15) is 0 Å². The van der Waals surface area contributed by atoms with Gasteiger partial charge in [-0.05, 0) is 17.7 Å². The summed E-state index contributed by atoms with van der Waals surface area (Å²) in [7, 11) is 1.88. The zero-order valence-corrected chi connectivity index (χ0v) is 14.9. The molecule has 0 bridgehead atoms. The quantitative estimate of drug-likeness (QED) is 0.695. The minimum atomic E-state index is -0.121. The van der Waals surface area contributed by atoms with Crippen LogP contribution in [0, 0.1) is 0 Å². The number of halogens is 1. The van der Waals surface area contributed by atoms with Crippen molar-refractivity contribution in [2.45, 2.75) is 5.75 Å². The summed E-state index contributed by atoms with van der Waals surface area (Å²) < 4.78 is 2.91. The molecule has 0 aliphatic carbocycles. The fourth-order valence-corrected chi connectivity index (χ4v) is 4.42. The summed E-state index contributed by atoms with van der Waals surface area (Å²) in [5.41, 5.74) is 2.13. The van der Waals surface area contributed by atoms with E-state index >= 15 is 0 Å². The Bertz CT molecular complexity index is 900. The second-order valence-corrected chi connectivity index (χ2v) is 7.42. The molecule has 0 unspecified atom stereocenters. The van der Waals surface area contributed by atoms with Crippen LogP contribution in [0.1, 0.15) is 5.56 Å². The molecule has 0 aliphatic heterocycles. The molecule has 0 radical (unpaired) electrons. The number of thioether (sulfide) groups is 1. The van der Waals surface area contributed by atoms with Crippen molar-refractivity contribution in [1.82, 2.24) is 4.57 Å². The molecule has 23 heavy (non-hydrogen) atoms. The highest BCUT2D eigenvalue weighted by Gasteiger charge is 2.08. The number of rotatable bonds is 4. The van der Waals surface area contributed by atoms with Gasteiger partial charge in [-0.25, -0.2) is 0 Å². The molecule has 0 fully saturated rings. The van der Waals surface area contributed by atoms with Crippen molar-refractivity contribution in [3.8, 4) is 0 Å². The largest absolute Gasteiger partial charge is 0.318 e. The maximum Gasteiger partial charge on any atom is 0.258 e. The van der Waals surface area contributed by atoms with Crippen LogP contribution >= 0.6 is 34.7 Å². The zero-order valence-electron chi connectivity index (χ0n) is 12.5. The fraction of sp³-hybridized carbons (Fsp3) is 0.176. The van der Waals surface area contributed by atoms with Gasteiger partial charge in [0.2, 0.25) is 0 Å². The van der Waals surface area contributed by atoms with E-state index in [1.54, 1.807) is 11.8 Å². The molecule has 1 aromatic heterocycles. The third-order valence-corrected chi connectivity index (χ3v) is 5.72. The van der Waals surface area contributed by atoms with Crippen molar-refractivity contribution >= 4 is 50.8 Å². The molecule has 1 heterocycles. The number of hydrogen-bond acceptors (Lipinski definition) is 3. The third kappa shape index (κ3) is 3.86. The lowest BCUT2D eigenvalue weighted by Crippen LogP contribution is -2.14. The van der Waals surface area contributed by atoms with E-state index in [0.29, 0.717) is 15.6 Å². The summed E-state index contributed by atoms with van der Waals surface area (Å²) in [4.78, 5) is 17.0. The lowest BCUT2D eigenvalue weighted by Gasteiger charge is -1.99. The highest BCUT2D eigenvalue weighted by atomic mass is 35.5. The molecule has 1 amide bonds. The minimum absolute atomic E-state index is 0.121. The number of amides is 1. The van der Waals surface area contributed by atoms with Crippen LogP contribution in [0.2, 0.25) is 5.02 Å². The smallest absolute Gasteiger partial charge is 0.258 e. The van der Waals surface area contributed by atoms with Crippen molar-refractivity contribution in [1.29, 1.82) is 0 Å². The number of thiazole rings is 1. The summed E-state index contributed by atoms with van der Waals surface area (Å²) in [6.07, 6.45) is 0. The Balaban J connectivity index is 1.72. The summed E-state index contributed by atoms with van der Waals surface area (Å²) in [6.45, 7) is 0. The Morgan fingerprint density at radius 3 is 2.74 bits per heavy atom. The van der Waals surface area contributed by atoms with Gasteiger partial charge >= 0.3 is 0 Å². The summed E-state index contributed by atoms with van der Waals surface area (Å²) >= 11 is 9.27. The molecule has 2 aromatic carbocycles. The van der Waals surface area contributed by atoms with Gasteiger partial charge < -0.3 is 4.57 Å². The first kappa shape index (κ1) is 16.3. The van der Waals surface area contributed by atoms with Crippen molar-refractivity contribution in [3.05, 3.63) is 63.9 Å². The van der Waals surface area contributed by atoms with E-state index in [1.165, 1.54) is 16.9 Å². The molecule has 3 aromatic rings. The Morgan fingerprint density at radius 2 is 2.00 bits per heavy atom. The molecule has 0 saturated heterocycles. The van der Waals surface area contributed by atoms with E-state index in [9.17, 15) is 4.79 Å². The second kappa shape index (κ2) is 7.34. The Labute approximate surface area is 147 Å². The highest BCUT2D eigenvalue weighted by Crippen LogP contribution is 2.24. The van der Waals surface area contributed by atoms with Gasteiger partial charge in [0.05, 0.1) is 21.0 Å².